The third-order valence-corrected chi connectivity index (χ3v) is 1.16. The Hall–Kier alpha value is -1.16. The summed E-state index contributed by atoms with van der Waals surface area (Å²) in [6.45, 7) is 1.52. The number of hydrogen-bond acceptors (Lipinski definition) is 3. The molecule has 10 heavy (non-hydrogen) atoms. The van der Waals surface area contributed by atoms with E-state index in [1.807, 2.05) is 0 Å². The van der Waals surface area contributed by atoms with E-state index >= 15 is 0 Å². The van der Waals surface area contributed by atoms with E-state index in [2.05, 4.69) is 4.98 Å². The molecule has 0 amide bonds. The molecule has 1 rings (SSSR count). The lowest BCUT2D eigenvalue weighted by molar-refractivity contribution is 0.120. The molecule has 0 saturated heterocycles. The van der Waals surface area contributed by atoms with Crippen molar-refractivity contribution in [2.75, 3.05) is 0 Å². The lowest BCUT2D eigenvalue weighted by Gasteiger charge is -2.05. The van der Waals surface area contributed by atoms with Crippen molar-refractivity contribution >= 4 is 0 Å². The minimum atomic E-state index is -0.782. The predicted octanol–water partition coefficient (Wildman–Crippen LogP) is -0.246. The SMILES string of the molecule is CC(O)n1ccncc1=O. The average molecular weight is 140 g/mol. The van der Waals surface area contributed by atoms with E-state index in [0.717, 1.165) is 6.20 Å². The van der Waals surface area contributed by atoms with Crippen LogP contribution in [0.1, 0.15) is 13.2 Å². The second kappa shape index (κ2) is 2.62. The topological polar surface area (TPSA) is 55.1 Å². The molecule has 1 N–H and O–H groups in total. The van der Waals surface area contributed by atoms with Gasteiger partial charge in [0.2, 0.25) is 0 Å². The van der Waals surface area contributed by atoms with Crippen LogP contribution in [0.15, 0.2) is 23.4 Å². The zero-order valence-corrected chi connectivity index (χ0v) is 5.56. The molecule has 1 aromatic rings. The van der Waals surface area contributed by atoms with Gasteiger partial charge >= 0.3 is 0 Å². The molecule has 1 heterocycles. The molecule has 0 aromatic carbocycles. The van der Waals surface area contributed by atoms with Crippen LogP contribution in [0.3, 0.4) is 0 Å². The molecule has 1 atom stereocenters. The van der Waals surface area contributed by atoms with Gasteiger partial charge in [0.1, 0.15) is 6.23 Å². The number of aliphatic hydroxyl groups excluding tert-OH is 1. The Morgan fingerprint density at radius 3 is 2.90 bits per heavy atom. The van der Waals surface area contributed by atoms with Crippen molar-refractivity contribution < 1.29 is 5.11 Å². The Kier molecular flexibility index (Phi) is 1.82. The average Bonchev–Trinajstić information content (AvgIpc) is 1.88. The minimum absolute atomic E-state index is 0.294. The molecule has 0 spiro atoms. The maximum atomic E-state index is 10.8. The minimum Gasteiger partial charge on any atom is -0.373 e. The Balaban J connectivity index is 3.16. The molecule has 0 radical (unpaired) electrons. The predicted molar refractivity (Wildman–Crippen MR) is 35.4 cm³/mol. The Labute approximate surface area is 57.8 Å². The molecular weight excluding hydrogens is 132 g/mol. The van der Waals surface area contributed by atoms with Gasteiger partial charge < -0.3 is 5.11 Å². The van der Waals surface area contributed by atoms with Gasteiger partial charge in [-0.25, -0.2) is 0 Å². The van der Waals surface area contributed by atoms with Crippen LogP contribution in [-0.2, 0) is 0 Å². The standard InChI is InChI=1S/C6H8N2O2/c1-5(9)8-3-2-7-4-6(8)10/h2-5,9H,1H3. The lowest BCUT2D eigenvalue weighted by atomic mass is 10.6. The molecule has 0 aliphatic carbocycles. The lowest BCUT2D eigenvalue weighted by Crippen LogP contribution is -2.21. The van der Waals surface area contributed by atoms with E-state index in [1.165, 1.54) is 23.9 Å². The normalized spacial score (nSPS) is 13.0. The molecular formula is C6H8N2O2. The van der Waals surface area contributed by atoms with E-state index in [1.54, 1.807) is 0 Å². The summed E-state index contributed by atoms with van der Waals surface area (Å²) in [7, 11) is 0. The second-order valence-corrected chi connectivity index (χ2v) is 1.95. The van der Waals surface area contributed by atoms with Crippen LogP contribution in [-0.4, -0.2) is 14.7 Å². The van der Waals surface area contributed by atoms with E-state index in [-0.39, 0.29) is 5.56 Å². The van der Waals surface area contributed by atoms with Gasteiger partial charge in [0.15, 0.2) is 0 Å². The van der Waals surface area contributed by atoms with Gasteiger partial charge in [-0.05, 0) is 6.92 Å². The summed E-state index contributed by atoms with van der Waals surface area (Å²) in [5, 5.41) is 8.94. The molecule has 1 aromatic heterocycles. The van der Waals surface area contributed by atoms with Gasteiger partial charge in [0.25, 0.3) is 5.56 Å². The zero-order valence-electron chi connectivity index (χ0n) is 5.56. The summed E-state index contributed by atoms with van der Waals surface area (Å²) >= 11 is 0. The summed E-state index contributed by atoms with van der Waals surface area (Å²) < 4.78 is 1.19. The van der Waals surface area contributed by atoms with Crippen LogP contribution in [0.25, 0.3) is 0 Å². The molecule has 0 aliphatic rings. The Morgan fingerprint density at radius 2 is 2.50 bits per heavy atom. The van der Waals surface area contributed by atoms with Crippen LogP contribution in [0, 0.1) is 0 Å². The third-order valence-electron chi connectivity index (χ3n) is 1.16. The van der Waals surface area contributed by atoms with Crippen molar-refractivity contribution in [1.29, 1.82) is 0 Å². The van der Waals surface area contributed by atoms with Crippen molar-refractivity contribution in [3.63, 3.8) is 0 Å². The van der Waals surface area contributed by atoms with Crippen molar-refractivity contribution in [2.24, 2.45) is 0 Å². The first-order valence-electron chi connectivity index (χ1n) is 2.92. The highest BCUT2D eigenvalue weighted by Crippen LogP contribution is 1.91. The summed E-state index contributed by atoms with van der Waals surface area (Å²) in [6.07, 6.45) is 3.27. The number of rotatable bonds is 1. The molecule has 0 bridgehead atoms. The van der Waals surface area contributed by atoms with E-state index in [9.17, 15) is 4.79 Å². The van der Waals surface area contributed by atoms with Crippen LogP contribution < -0.4 is 5.56 Å². The fourth-order valence-electron chi connectivity index (χ4n) is 0.666. The number of hydrogen-bond donors (Lipinski definition) is 1. The fraction of sp³-hybridized carbons (Fsp3) is 0.333. The van der Waals surface area contributed by atoms with Crippen LogP contribution in [0.2, 0.25) is 0 Å². The van der Waals surface area contributed by atoms with Crippen LogP contribution >= 0.6 is 0 Å². The highest BCUT2D eigenvalue weighted by Gasteiger charge is 1.97. The fourth-order valence-corrected chi connectivity index (χ4v) is 0.666. The first-order valence-corrected chi connectivity index (χ1v) is 2.92. The summed E-state index contributed by atoms with van der Waals surface area (Å²) in [4.78, 5) is 14.4. The smallest absolute Gasteiger partial charge is 0.271 e. The molecule has 54 valence electrons. The number of nitrogens with zero attached hydrogens (tertiary/aromatic N) is 2. The third kappa shape index (κ3) is 1.22. The van der Waals surface area contributed by atoms with E-state index in [4.69, 9.17) is 5.11 Å². The van der Waals surface area contributed by atoms with Gasteiger partial charge in [0.05, 0.1) is 6.20 Å². The van der Waals surface area contributed by atoms with Crippen molar-refractivity contribution in [2.45, 2.75) is 13.2 Å². The largest absolute Gasteiger partial charge is 0.373 e. The zero-order chi connectivity index (χ0) is 7.56. The second-order valence-electron chi connectivity index (χ2n) is 1.95. The van der Waals surface area contributed by atoms with Crippen molar-refractivity contribution in [3.05, 3.63) is 28.9 Å². The summed E-state index contributed by atoms with van der Waals surface area (Å²) in [6, 6.07) is 0. The van der Waals surface area contributed by atoms with Gasteiger partial charge in [-0.15, -0.1) is 0 Å². The number of aliphatic hydroxyl groups is 1. The molecule has 1 unspecified atom stereocenters. The van der Waals surface area contributed by atoms with Crippen molar-refractivity contribution in [1.82, 2.24) is 9.55 Å². The maximum absolute atomic E-state index is 10.8. The molecule has 0 saturated carbocycles. The van der Waals surface area contributed by atoms with Crippen LogP contribution in [0.4, 0.5) is 0 Å². The van der Waals surface area contributed by atoms with E-state index < -0.39 is 6.23 Å². The molecule has 4 heteroatoms. The monoisotopic (exact) mass is 140 g/mol. The summed E-state index contributed by atoms with van der Waals surface area (Å²) in [5.74, 6) is 0. The molecule has 0 aliphatic heterocycles. The first-order chi connectivity index (χ1) is 4.72. The van der Waals surface area contributed by atoms with Crippen LogP contribution in [0.5, 0.6) is 0 Å². The highest BCUT2D eigenvalue weighted by molar-refractivity contribution is 4.80. The molecule has 4 nitrogen and oxygen atoms in total. The van der Waals surface area contributed by atoms with Gasteiger partial charge in [-0.3, -0.25) is 14.3 Å². The van der Waals surface area contributed by atoms with Gasteiger partial charge in [0, 0.05) is 12.4 Å². The highest BCUT2D eigenvalue weighted by atomic mass is 16.3. The Morgan fingerprint density at radius 1 is 1.80 bits per heavy atom. The maximum Gasteiger partial charge on any atom is 0.271 e. The summed E-state index contributed by atoms with van der Waals surface area (Å²) in [5.41, 5.74) is -0.294. The van der Waals surface area contributed by atoms with Gasteiger partial charge in [-0.1, -0.05) is 0 Å². The quantitative estimate of drug-likeness (QED) is 0.585. The van der Waals surface area contributed by atoms with Gasteiger partial charge in [-0.2, -0.15) is 0 Å². The Bertz CT molecular complexity index is 266. The van der Waals surface area contributed by atoms with Crippen molar-refractivity contribution in [3.8, 4) is 0 Å². The number of aromatic nitrogens is 2. The first kappa shape index (κ1) is 6.95. The molecule has 0 fully saturated rings. The van der Waals surface area contributed by atoms with E-state index in [0.29, 0.717) is 0 Å².